The van der Waals surface area contributed by atoms with Crippen molar-refractivity contribution in [3.8, 4) is 0 Å². The number of pyridine rings is 1. The molecule has 3 aliphatic rings. The van der Waals surface area contributed by atoms with Crippen molar-refractivity contribution in [2.24, 2.45) is 0 Å². The standard InChI is InChI=1S/C30H41F2N5O3.2ClH/c1-18-12-35(22(11-33-18)13-36-19(2)15-40-16-20(36)3)14-26(38)37-17-30(4,5)29-25(37)9-21(10-34-29)28(39)23-7-6-8-24(31)27(23)32;;/h6-10,18-20,22,28,33,39H,11-17H2,1-5H3;2*1H/t18-,19-,20-,22-,28+;;/m1../s1. The molecule has 2 aromatic rings. The van der Waals surface area contributed by atoms with Crippen LogP contribution in [0, 0.1) is 11.6 Å². The molecule has 42 heavy (non-hydrogen) atoms. The van der Waals surface area contributed by atoms with E-state index in [2.05, 4.69) is 40.9 Å². The van der Waals surface area contributed by atoms with Crippen LogP contribution in [-0.4, -0.2) is 95.9 Å². The Morgan fingerprint density at radius 3 is 2.57 bits per heavy atom. The number of morpholine rings is 1. The third kappa shape index (κ3) is 6.90. The number of rotatable bonds is 6. The number of piperazine rings is 1. The molecule has 234 valence electrons. The van der Waals surface area contributed by atoms with E-state index in [4.69, 9.17) is 4.74 Å². The zero-order valence-electron chi connectivity index (χ0n) is 24.8. The zero-order chi connectivity index (χ0) is 28.8. The number of ether oxygens (including phenoxy) is 1. The van der Waals surface area contributed by atoms with Crippen molar-refractivity contribution in [2.75, 3.05) is 50.8 Å². The summed E-state index contributed by atoms with van der Waals surface area (Å²) in [5.74, 6) is -2.16. The van der Waals surface area contributed by atoms with Crippen molar-refractivity contribution in [2.45, 2.75) is 70.3 Å². The molecule has 0 bridgehead atoms. The van der Waals surface area contributed by atoms with Crippen LogP contribution in [0.25, 0.3) is 0 Å². The van der Waals surface area contributed by atoms with Gasteiger partial charge in [-0.05, 0) is 32.9 Å². The SMILES string of the molecule is C[C@@H]1CN(CC(=O)N2CC(C)(C)c3ncc([C@H](O)c4cccc(F)c4F)cc32)[C@@H](CN2[C@H](C)COC[C@H]2C)CN1.Cl.Cl. The van der Waals surface area contributed by atoms with Gasteiger partial charge in [-0.25, -0.2) is 8.78 Å². The van der Waals surface area contributed by atoms with E-state index in [0.29, 0.717) is 43.1 Å². The summed E-state index contributed by atoms with van der Waals surface area (Å²) in [6.45, 7) is 15.1. The first-order valence-corrected chi connectivity index (χ1v) is 14.2. The highest BCUT2D eigenvalue weighted by molar-refractivity contribution is 5.97. The Hall–Kier alpha value is -1.92. The molecule has 2 N–H and O–H groups in total. The van der Waals surface area contributed by atoms with Crippen LogP contribution in [0.4, 0.5) is 14.5 Å². The van der Waals surface area contributed by atoms with E-state index in [1.54, 1.807) is 11.0 Å². The largest absolute Gasteiger partial charge is 0.383 e. The summed E-state index contributed by atoms with van der Waals surface area (Å²) >= 11 is 0. The summed E-state index contributed by atoms with van der Waals surface area (Å²) in [6.07, 6.45) is 0.0764. The molecule has 1 aromatic carbocycles. The summed E-state index contributed by atoms with van der Waals surface area (Å²) in [4.78, 5) is 25.0. The van der Waals surface area contributed by atoms with E-state index in [1.165, 1.54) is 18.3 Å². The Morgan fingerprint density at radius 2 is 1.88 bits per heavy atom. The predicted octanol–water partition coefficient (Wildman–Crippen LogP) is 3.68. The molecule has 1 aromatic heterocycles. The fraction of sp³-hybridized carbons (Fsp3) is 0.600. The minimum absolute atomic E-state index is 0. The number of nitrogens with one attached hydrogen (secondary N) is 1. The van der Waals surface area contributed by atoms with Crippen molar-refractivity contribution in [1.82, 2.24) is 20.1 Å². The normalized spacial score (nSPS) is 26.6. The van der Waals surface area contributed by atoms with E-state index in [1.807, 2.05) is 13.8 Å². The lowest BCUT2D eigenvalue weighted by molar-refractivity contribution is -0.121. The number of anilines is 1. The highest BCUT2D eigenvalue weighted by atomic mass is 35.5. The van der Waals surface area contributed by atoms with Crippen LogP contribution < -0.4 is 10.2 Å². The van der Waals surface area contributed by atoms with Gasteiger partial charge in [-0.15, -0.1) is 24.8 Å². The molecule has 1 amide bonds. The molecule has 2 fully saturated rings. The molecule has 12 heteroatoms. The molecular formula is C30H43Cl2F2N5O3. The number of aliphatic hydroxyl groups is 1. The predicted molar refractivity (Wildman–Crippen MR) is 164 cm³/mol. The highest BCUT2D eigenvalue weighted by Crippen LogP contribution is 2.41. The van der Waals surface area contributed by atoms with Gasteiger partial charge in [0.25, 0.3) is 0 Å². The van der Waals surface area contributed by atoms with Crippen LogP contribution >= 0.6 is 24.8 Å². The van der Waals surface area contributed by atoms with Gasteiger partial charge >= 0.3 is 0 Å². The number of carbonyl (C=O) groups excluding carboxylic acids is 1. The average molecular weight is 631 g/mol. The van der Waals surface area contributed by atoms with Gasteiger partial charge in [-0.2, -0.15) is 0 Å². The first-order valence-electron chi connectivity index (χ1n) is 14.2. The lowest BCUT2D eigenvalue weighted by atomic mass is 9.90. The molecule has 8 nitrogen and oxygen atoms in total. The van der Waals surface area contributed by atoms with Gasteiger partial charge in [-0.1, -0.05) is 26.0 Å². The van der Waals surface area contributed by atoms with Gasteiger partial charge in [0.2, 0.25) is 5.91 Å². The lowest BCUT2D eigenvalue weighted by Crippen LogP contribution is -2.63. The number of halogens is 4. The van der Waals surface area contributed by atoms with Crippen molar-refractivity contribution in [3.05, 3.63) is 58.9 Å². The van der Waals surface area contributed by atoms with Crippen LogP contribution in [-0.2, 0) is 14.9 Å². The fourth-order valence-electron chi connectivity index (χ4n) is 6.34. The van der Waals surface area contributed by atoms with Crippen LogP contribution in [0.2, 0.25) is 0 Å². The first kappa shape index (κ1) is 34.6. The fourth-order valence-corrected chi connectivity index (χ4v) is 6.34. The maximum atomic E-state index is 14.4. The topological polar surface area (TPSA) is 81.2 Å². The number of hydrogen-bond donors (Lipinski definition) is 2. The quantitative estimate of drug-likeness (QED) is 0.505. The van der Waals surface area contributed by atoms with Crippen LogP contribution in [0.3, 0.4) is 0 Å². The first-order chi connectivity index (χ1) is 19.0. The molecule has 0 spiro atoms. The van der Waals surface area contributed by atoms with Gasteiger partial charge in [0.1, 0.15) is 6.10 Å². The summed E-state index contributed by atoms with van der Waals surface area (Å²) < 4.78 is 34.0. The smallest absolute Gasteiger partial charge is 0.241 e. The van der Waals surface area contributed by atoms with Crippen molar-refractivity contribution in [3.63, 3.8) is 0 Å². The second-order valence-electron chi connectivity index (χ2n) is 12.4. The Morgan fingerprint density at radius 1 is 1.19 bits per heavy atom. The number of aliphatic hydroxyl groups excluding tert-OH is 1. The number of nitrogens with zero attached hydrogens (tertiary/aromatic N) is 4. The zero-order valence-corrected chi connectivity index (χ0v) is 26.5. The molecule has 4 heterocycles. The van der Waals surface area contributed by atoms with E-state index in [9.17, 15) is 18.7 Å². The second kappa shape index (κ2) is 13.8. The third-order valence-corrected chi connectivity index (χ3v) is 8.60. The van der Waals surface area contributed by atoms with Gasteiger partial charge in [-0.3, -0.25) is 19.6 Å². The third-order valence-electron chi connectivity index (χ3n) is 8.60. The van der Waals surface area contributed by atoms with Crippen molar-refractivity contribution < 1.29 is 23.4 Å². The summed E-state index contributed by atoms with van der Waals surface area (Å²) in [6, 6.07) is 6.47. The lowest BCUT2D eigenvalue weighted by Gasteiger charge is -2.46. The minimum Gasteiger partial charge on any atom is -0.383 e. The Bertz CT molecular complexity index is 1250. The number of carbonyl (C=O) groups is 1. The number of hydrogen-bond acceptors (Lipinski definition) is 7. The Kier molecular flexibility index (Phi) is 11.4. The van der Waals surface area contributed by atoms with E-state index < -0.39 is 23.2 Å². The Balaban J connectivity index is 0.00000242. The molecule has 0 saturated carbocycles. The van der Waals surface area contributed by atoms with Gasteiger partial charge < -0.3 is 20.1 Å². The molecule has 0 radical (unpaired) electrons. The van der Waals surface area contributed by atoms with E-state index >= 15 is 0 Å². The molecule has 5 rings (SSSR count). The van der Waals surface area contributed by atoms with Crippen molar-refractivity contribution in [1.29, 1.82) is 0 Å². The number of fused-ring (bicyclic) bond motifs is 1. The summed E-state index contributed by atoms with van der Waals surface area (Å²) in [7, 11) is 0. The maximum absolute atomic E-state index is 14.4. The van der Waals surface area contributed by atoms with E-state index in [-0.39, 0.29) is 54.9 Å². The van der Waals surface area contributed by atoms with Gasteiger partial charge in [0.15, 0.2) is 11.6 Å². The van der Waals surface area contributed by atoms with Crippen LogP contribution in [0.1, 0.15) is 57.5 Å². The van der Waals surface area contributed by atoms with Gasteiger partial charge in [0, 0.05) is 73.1 Å². The summed E-state index contributed by atoms with van der Waals surface area (Å²) in [5.41, 5.74) is 1.10. The maximum Gasteiger partial charge on any atom is 0.241 e. The monoisotopic (exact) mass is 629 g/mol. The number of aromatic nitrogens is 1. The molecule has 3 aliphatic heterocycles. The average Bonchev–Trinajstić information content (AvgIpc) is 3.19. The van der Waals surface area contributed by atoms with Crippen molar-refractivity contribution >= 4 is 36.4 Å². The number of amides is 1. The molecular weight excluding hydrogens is 587 g/mol. The van der Waals surface area contributed by atoms with Crippen LogP contribution in [0.15, 0.2) is 30.5 Å². The van der Waals surface area contributed by atoms with Crippen LogP contribution in [0.5, 0.6) is 0 Å². The molecule has 2 saturated heterocycles. The molecule has 0 aliphatic carbocycles. The molecule has 5 atom stereocenters. The highest BCUT2D eigenvalue weighted by Gasteiger charge is 2.41. The minimum atomic E-state index is -1.41. The number of benzene rings is 1. The second-order valence-corrected chi connectivity index (χ2v) is 12.4. The molecule has 0 unspecified atom stereocenters. The summed E-state index contributed by atoms with van der Waals surface area (Å²) in [5, 5.41) is 14.5. The Labute approximate surface area is 259 Å². The van der Waals surface area contributed by atoms with E-state index in [0.717, 1.165) is 31.4 Å². The van der Waals surface area contributed by atoms with Gasteiger partial charge in [0.05, 0.1) is 31.1 Å².